The molecule has 1 fully saturated rings. The first-order chi connectivity index (χ1) is 13.5. The lowest BCUT2D eigenvalue weighted by Crippen LogP contribution is -2.65. The highest BCUT2D eigenvalue weighted by atomic mass is 16.2. The van der Waals surface area contributed by atoms with Crippen molar-refractivity contribution in [3.8, 4) is 0 Å². The molecule has 0 spiro atoms. The number of nitrogens with zero attached hydrogens (tertiary/aromatic N) is 1. The molecule has 0 radical (unpaired) electrons. The minimum atomic E-state index is -0.623. The third kappa shape index (κ3) is 2.32. The van der Waals surface area contributed by atoms with Crippen molar-refractivity contribution >= 4 is 28.8 Å². The largest absolute Gasteiger partial charge is 0.356 e. The molecule has 2 aromatic carbocycles. The molecular formula is C23H21N3O2. The fraction of sp³-hybridized carbons (Fsp3) is 0.217. The number of carbonyl (C=O) groups excluding carboxylic acids is 2. The van der Waals surface area contributed by atoms with E-state index in [-0.39, 0.29) is 11.8 Å². The van der Waals surface area contributed by atoms with Gasteiger partial charge in [0.2, 0.25) is 5.91 Å². The van der Waals surface area contributed by atoms with Crippen molar-refractivity contribution in [1.29, 1.82) is 0 Å². The van der Waals surface area contributed by atoms with Crippen molar-refractivity contribution in [2.75, 3.05) is 0 Å². The normalized spacial score (nSPS) is 22.1. The molecule has 0 saturated carbocycles. The Labute approximate surface area is 163 Å². The first-order valence-corrected chi connectivity index (χ1v) is 9.48. The van der Waals surface area contributed by atoms with Gasteiger partial charge < -0.3 is 15.2 Å². The number of fused-ring (bicyclic) bond motifs is 4. The molecule has 140 valence electrons. The number of hydrogen-bond acceptors (Lipinski definition) is 2. The Kier molecular flexibility index (Phi) is 3.50. The summed E-state index contributed by atoms with van der Waals surface area (Å²) in [6.07, 6.45) is 2.26. The average Bonchev–Trinajstić information content (AvgIpc) is 3.06. The van der Waals surface area contributed by atoms with Crippen LogP contribution in [0.1, 0.15) is 30.7 Å². The van der Waals surface area contributed by atoms with E-state index in [1.54, 1.807) is 11.0 Å². The highest BCUT2D eigenvalue weighted by molar-refractivity contribution is 6.08. The predicted molar refractivity (Wildman–Crippen MR) is 108 cm³/mol. The number of piperazine rings is 1. The highest BCUT2D eigenvalue weighted by Gasteiger charge is 2.50. The number of H-pyrrole nitrogens is 1. The first kappa shape index (κ1) is 16.8. The molecule has 28 heavy (non-hydrogen) atoms. The van der Waals surface area contributed by atoms with Gasteiger partial charge in [0.1, 0.15) is 11.7 Å². The molecule has 1 aromatic heterocycles. The van der Waals surface area contributed by atoms with Gasteiger partial charge >= 0.3 is 0 Å². The standard InChI is InChI=1S/C23H21N3O2/c1-23(2)20-16(15-10-6-7-11-17(15)24-20)13-19-21(27)25-18(22(28)26(19)23)12-14-8-4-3-5-9-14/h3-12,19,24H,13H2,1-2H3,(H,25,27)/t19-/m0/s1. The minimum Gasteiger partial charge on any atom is -0.356 e. The predicted octanol–water partition coefficient (Wildman–Crippen LogP) is 3.33. The molecule has 5 heteroatoms. The molecule has 0 bridgehead atoms. The topological polar surface area (TPSA) is 65.2 Å². The second-order valence-corrected chi connectivity index (χ2v) is 7.94. The average molecular weight is 371 g/mol. The van der Waals surface area contributed by atoms with Crippen molar-refractivity contribution in [3.05, 3.63) is 77.1 Å². The number of hydrogen-bond donors (Lipinski definition) is 2. The van der Waals surface area contributed by atoms with Crippen LogP contribution in [0.2, 0.25) is 0 Å². The molecule has 1 saturated heterocycles. The van der Waals surface area contributed by atoms with Crippen LogP contribution in [0.5, 0.6) is 0 Å². The molecule has 2 amide bonds. The summed E-state index contributed by atoms with van der Waals surface area (Å²) >= 11 is 0. The Balaban J connectivity index is 1.63. The summed E-state index contributed by atoms with van der Waals surface area (Å²) < 4.78 is 0. The van der Waals surface area contributed by atoms with Gasteiger partial charge in [-0.2, -0.15) is 0 Å². The van der Waals surface area contributed by atoms with Crippen LogP contribution in [0, 0.1) is 0 Å². The molecule has 2 aliphatic rings. The summed E-state index contributed by atoms with van der Waals surface area (Å²) in [7, 11) is 0. The Morgan fingerprint density at radius 2 is 1.75 bits per heavy atom. The second-order valence-electron chi connectivity index (χ2n) is 7.94. The molecule has 0 unspecified atom stereocenters. The number of nitrogens with one attached hydrogen (secondary N) is 2. The lowest BCUT2D eigenvalue weighted by atomic mass is 9.82. The number of aromatic amines is 1. The zero-order chi connectivity index (χ0) is 19.5. The van der Waals surface area contributed by atoms with Crippen molar-refractivity contribution in [2.45, 2.75) is 31.8 Å². The fourth-order valence-electron chi connectivity index (χ4n) is 4.55. The summed E-state index contributed by atoms with van der Waals surface area (Å²) in [5, 5.41) is 3.96. The van der Waals surface area contributed by atoms with Crippen molar-refractivity contribution in [3.63, 3.8) is 0 Å². The quantitative estimate of drug-likeness (QED) is 0.645. The molecule has 0 aliphatic carbocycles. The van der Waals surface area contributed by atoms with E-state index < -0.39 is 11.6 Å². The summed E-state index contributed by atoms with van der Waals surface area (Å²) in [5.74, 6) is -0.284. The van der Waals surface area contributed by atoms with Crippen LogP contribution in [-0.2, 0) is 21.5 Å². The van der Waals surface area contributed by atoms with Crippen LogP contribution in [0.3, 0.4) is 0 Å². The van der Waals surface area contributed by atoms with Crippen molar-refractivity contribution in [2.24, 2.45) is 0 Å². The van der Waals surface area contributed by atoms with Crippen LogP contribution >= 0.6 is 0 Å². The number of carbonyl (C=O) groups is 2. The third-order valence-corrected chi connectivity index (χ3v) is 5.86. The molecule has 5 rings (SSSR count). The van der Waals surface area contributed by atoms with E-state index in [0.29, 0.717) is 12.1 Å². The molecule has 3 aromatic rings. The third-order valence-electron chi connectivity index (χ3n) is 5.86. The number of benzene rings is 2. The van der Waals surface area contributed by atoms with Crippen LogP contribution in [0.15, 0.2) is 60.3 Å². The van der Waals surface area contributed by atoms with Crippen LogP contribution in [-0.4, -0.2) is 27.7 Å². The van der Waals surface area contributed by atoms with E-state index in [9.17, 15) is 9.59 Å². The van der Waals surface area contributed by atoms with Gasteiger partial charge in [0.25, 0.3) is 5.91 Å². The molecule has 1 atom stereocenters. The maximum atomic E-state index is 13.4. The zero-order valence-electron chi connectivity index (χ0n) is 15.8. The lowest BCUT2D eigenvalue weighted by molar-refractivity contribution is -0.150. The fourth-order valence-corrected chi connectivity index (χ4v) is 4.55. The molecular weight excluding hydrogens is 350 g/mol. The van der Waals surface area contributed by atoms with Crippen LogP contribution < -0.4 is 5.32 Å². The monoisotopic (exact) mass is 371 g/mol. The van der Waals surface area contributed by atoms with E-state index in [1.807, 2.05) is 62.4 Å². The van der Waals surface area contributed by atoms with E-state index in [1.165, 1.54) is 0 Å². The van der Waals surface area contributed by atoms with Crippen molar-refractivity contribution in [1.82, 2.24) is 15.2 Å². The number of rotatable bonds is 1. The van der Waals surface area contributed by atoms with Gasteiger partial charge in [0.05, 0.1) is 5.54 Å². The van der Waals surface area contributed by atoms with Gasteiger partial charge in [-0.05, 0) is 37.1 Å². The van der Waals surface area contributed by atoms with Crippen LogP contribution in [0.4, 0.5) is 0 Å². The maximum Gasteiger partial charge on any atom is 0.271 e. The summed E-state index contributed by atoms with van der Waals surface area (Å²) in [6.45, 7) is 4.01. The Bertz CT molecular complexity index is 1140. The SMILES string of the molecule is CC1(C)c2[nH]c3ccccc3c2C[C@H]2C(=O)NC(=Cc3ccccc3)C(=O)N21. The Hall–Kier alpha value is -3.34. The maximum absolute atomic E-state index is 13.4. The van der Waals surface area contributed by atoms with Gasteiger partial charge in [-0.15, -0.1) is 0 Å². The number of para-hydroxylation sites is 1. The highest BCUT2D eigenvalue weighted by Crippen LogP contribution is 2.42. The molecule has 3 heterocycles. The first-order valence-electron chi connectivity index (χ1n) is 9.48. The Morgan fingerprint density at radius 1 is 1.04 bits per heavy atom. The van der Waals surface area contributed by atoms with E-state index >= 15 is 0 Å². The summed E-state index contributed by atoms with van der Waals surface area (Å²) in [5.41, 5.74) is 3.74. The smallest absolute Gasteiger partial charge is 0.271 e. The zero-order valence-corrected chi connectivity index (χ0v) is 15.8. The van der Waals surface area contributed by atoms with Gasteiger partial charge in [0, 0.05) is 23.0 Å². The summed E-state index contributed by atoms with van der Waals surface area (Å²) in [6, 6.07) is 17.1. The molecule has 2 aliphatic heterocycles. The molecule has 2 N–H and O–H groups in total. The van der Waals surface area contributed by atoms with Crippen molar-refractivity contribution < 1.29 is 9.59 Å². The van der Waals surface area contributed by atoms with Gasteiger partial charge in [0.15, 0.2) is 0 Å². The van der Waals surface area contributed by atoms with E-state index in [2.05, 4.69) is 16.4 Å². The van der Waals surface area contributed by atoms with E-state index in [4.69, 9.17) is 0 Å². The lowest BCUT2D eigenvalue weighted by Gasteiger charge is -2.49. The summed E-state index contributed by atoms with van der Waals surface area (Å²) in [4.78, 5) is 31.6. The number of aromatic nitrogens is 1. The second kappa shape index (κ2) is 5.83. The van der Waals surface area contributed by atoms with Gasteiger partial charge in [-0.25, -0.2) is 0 Å². The number of amides is 2. The van der Waals surface area contributed by atoms with E-state index in [0.717, 1.165) is 27.7 Å². The van der Waals surface area contributed by atoms with Gasteiger partial charge in [-0.1, -0.05) is 48.5 Å². The molecule has 5 nitrogen and oxygen atoms in total. The Morgan fingerprint density at radius 3 is 2.54 bits per heavy atom. The minimum absolute atomic E-state index is 0.134. The van der Waals surface area contributed by atoms with Crippen LogP contribution in [0.25, 0.3) is 17.0 Å². The van der Waals surface area contributed by atoms with Gasteiger partial charge in [-0.3, -0.25) is 9.59 Å².